The van der Waals surface area contributed by atoms with Gasteiger partial charge >= 0.3 is 0 Å². The highest BCUT2D eigenvalue weighted by Crippen LogP contribution is 2.39. The predicted octanol–water partition coefficient (Wildman–Crippen LogP) is 3.63. The van der Waals surface area contributed by atoms with Crippen molar-refractivity contribution in [3.63, 3.8) is 0 Å². The van der Waals surface area contributed by atoms with Crippen LogP contribution < -0.4 is 10.5 Å². The third-order valence-corrected chi connectivity index (χ3v) is 7.52. The summed E-state index contributed by atoms with van der Waals surface area (Å²) < 4.78 is 29.5. The summed E-state index contributed by atoms with van der Waals surface area (Å²) in [4.78, 5) is 28.2. The van der Waals surface area contributed by atoms with E-state index in [2.05, 4.69) is 15.0 Å². The number of anilines is 1. The molecule has 0 radical (unpaired) electrons. The highest BCUT2D eigenvalue weighted by Gasteiger charge is 2.35. The zero-order valence-corrected chi connectivity index (χ0v) is 20.1. The lowest BCUT2D eigenvalue weighted by Crippen LogP contribution is -2.33. The van der Waals surface area contributed by atoms with Crippen LogP contribution in [0.1, 0.15) is 24.7 Å². The van der Waals surface area contributed by atoms with Gasteiger partial charge in [-0.1, -0.05) is 17.7 Å². The molecule has 35 heavy (non-hydrogen) atoms. The van der Waals surface area contributed by atoms with Crippen molar-refractivity contribution in [3.05, 3.63) is 76.1 Å². The monoisotopic (exact) mass is 511 g/mol. The zero-order chi connectivity index (χ0) is 24.3. The second kappa shape index (κ2) is 8.36. The fraction of sp³-hybridized carbons (Fsp3) is 0.217. The van der Waals surface area contributed by atoms with Gasteiger partial charge in [0.05, 0.1) is 22.9 Å². The van der Waals surface area contributed by atoms with Crippen molar-refractivity contribution in [3.8, 4) is 5.69 Å². The largest absolute Gasteiger partial charge is 0.612 e. The van der Waals surface area contributed by atoms with Gasteiger partial charge in [-0.3, -0.25) is 9.36 Å². The number of hydrogen-bond acceptors (Lipinski definition) is 6. The smallest absolute Gasteiger partial charge is 0.284 e. The van der Waals surface area contributed by atoms with E-state index in [1.54, 1.807) is 36.8 Å². The number of fused-ring (bicyclic) bond motifs is 2. The third kappa shape index (κ3) is 3.49. The molecular weight excluding hydrogens is 493 g/mol. The number of aromatic amines is 1. The molecule has 6 rings (SSSR count). The summed E-state index contributed by atoms with van der Waals surface area (Å²) in [5.74, 6) is 0.568. The number of aromatic nitrogens is 6. The topological polar surface area (TPSA) is 107 Å². The van der Waals surface area contributed by atoms with E-state index < -0.39 is 22.6 Å². The van der Waals surface area contributed by atoms with E-state index in [1.807, 2.05) is 4.90 Å². The van der Waals surface area contributed by atoms with Crippen LogP contribution in [0.5, 0.6) is 0 Å². The lowest BCUT2D eigenvalue weighted by Gasteiger charge is -2.27. The molecule has 5 aromatic rings. The Morgan fingerprint density at radius 1 is 1.29 bits per heavy atom. The van der Waals surface area contributed by atoms with E-state index >= 15 is 0 Å². The van der Waals surface area contributed by atoms with E-state index in [1.165, 1.54) is 27.5 Å². The highest BCUT2D eigenvalue weighted by molar-refractivity contribution is 7.91. The van der Waals surface area contributed by atoms with Crippen LogP contribution in [-0.2, 0) is 11.2 Å². The maximum atomic E-state index is 14.2. The molecule has 4 aromatic heterocycles. The van der Waals surface area contributed by atoms with E-state index in [0.717, 1.165) is 6.42 Å². The molecule has 0 amide bonds. The summed E-state index contributed by atoms with van der Waals surface area (Å²) in [6.07, 6.45) is 7.86. The minimum absolute atomic E-state index is 0.211. The molecule has 1 saturated heterocycles. The van der Waals surface area contributed by atoms with Crippen LogP contribution in [0.15, 0.2) is 58.7 Å². The first-order chi connectivity index (χ1) is 16.9. The van der Waals surface area contributed by atoms with Crippen molar-refractivity contribution in [1.82, 2.24) is 29.1 Å². The molecule has 0 aliphatic carbocycles. The molecule has 1 aromatic carbocycles. The average molecular weight is 512 g/mol. The molecule has 2 atom stereocenters. The van der Waals surface area contributed by atoms with Crippen molar-refractivity contribution in [2.24, 2.45) is 0 Å². The molecule has 9 nitrogen and oxygen atoms in total. The van der Waals surface area contributed by atoms with Crippen LogP contribution in [0.25, 0.3) is 22.2 Å². The molecular formula is C23H19ClFN7O2S. The number of rotatable bonds is 4. The molecule has 0 saturated carbocycles. The van der Waals surface area contributed by atoms with Crippen LogP contribution >= 0.6 is 11.6 Å². The van der Waals surface area contributed by atoms with Crippen molar-refractivity contribution >= 4 is 45.1 Å². The van der Waals surface area contributed by atoms with Crippen molar-refractivity contribution < 1.29 is 8.94 Å². The van der Waals surface area contributed by atoms with Crippen molar-refractivity contribution in [1.29, 1.82) is 0 Å². The fourth-order valence-electron chi connectivity index (χ4n) is 4.78. The van der Waals surface area contributed by atoms with Crippen LogP contribution in [0.4, 0.5) is 10.2 Å². The Hall–Kier alpha value is -3.41. The second-order valence-electron chi connectivity index (χ2n) is 8.31. The summed E-state index contributed by atoms with van der Waals surface area (Å²) in [5.41, 5.74) is 0.748. The van der Waals surface area contributed by atoms with Gasteiger partial charge in [-0.25, -0.2) is 18.9 Å². The first kappa shape index (κ1) is 22.1. The molecule has 5 heterocycles. The highest BCUT2D eigenvalue weighted by atomic mass is 35.5. The Balaban J connectivity index is 1.60. The van der Waals surface area contributed by atoms with Crippen molar-refractivity contribution in [2.45, 2.75) is 23.8 Å². The van der Waals surface area contributed by atoms with Gasteiger partial charge in [-0.2, -0.15) is 5.10 Å². The third-order valence-electron chi connectivity index (χ3n) is 6.27. The molecule has 1 N–H and O–H groups in total. The summed E-state index contributed by atoms with van der Waals surface area (Å²) >= 11 is 5.03. The minimum Gasteiger partial charge on any atom is -0.612 e. The lowest BCUT2D eigenvalue weighted by molar-refractivity contribution is 0.596. The van der Waals surface area contributed by atoms with Gasteiger partial charge in [-0.15, -0.1) is 0 Å². The Labute approximate surface area is 206 Å². The van der Waals surface area contributed by atoms with Gasteiger partial charge in [0.2, 0.25) is 0 Å². The first-order valence-electron chi connectivity index (χ1n) is 10.9. The molecule has 1 aliphatic rings. The minimum atomic E-state index is -1.26. The molecule has 1 fully saturated rings. The van der Waals surface area contributed by atoms with Crippen LogP contribution in [0.2, 0.25) is 5.02 Å². The molecule has 0 unspecified atom stereocenters. The van der Waals surface area contributed by atoms with Crippen LogP contribution in [0.3, 0.4) is 0 Å². The molecule has 0 spiro atoms. The number of benzene rings is 1. The van der Waals surface area contributed by atoms with Gasteiger partial charge in [-0.05, 0) is 48.3 Å². The number of H-pyrrole nitrogens is 1. The summed E-state index contributed by atoms with van der Waals surface area (Å²) in [5, 5.41) is 5.70. The molecule has 1 aliphatic heterocycles. The van der Waals surface area contributed by atoms with Crippen LogP contribution in [0, 0.1) is 5.82 Å². The standard InChI is InChI=1S/C23H19ClFN7O2S/c1-35(34)17-11-26-20-18(17)22(28-12-27-20)30-8-3-6-16(30)21-29-31-9-7-15(24)19(31)23(33)32(21)14-5-2-4-13(25)10-14/h2,4-5,7,9-12,16H,3,6,8H2,1H3,(H,26,27,28)/t16-,35+/m0/s1. The zero-order valence-electron chi connectivity index (χ0n) is 18.5. The van der Waals surface area contributed by atoms with E-state index in [4.69, 9.17) is 16.7 Å². The normalized spacial score (nSPS) is 17.0. The molecule has 178 valence electrons. The molecule has 0 bridgehead atoms. The van der Waals surface area contributed by atoms with E-state index in [9.17, 15) is 13.7 Å². The van der Waals surface area contributed by atoms with Gasteiger partial charge in [0.1, 0.15) is 40.8 Å². The predicted molar refractivity (Wildman–Crippen MR) is 131 cm³/mol. The maximum Gasteiger partial charge on any atom is 0.284 e. The van der Waals surface area contributed by atoms with Crippen LogP contribution in [-0.4, -0.2) is 46.5 Å². The number of hydrogen-bond donors (Lipinski definition) is 1. The Kier molecular flexibility index (Phi) is 5.28. The van der Waals surface area contributed by atoms with Gasteiger partial charge < -0.3 is 14.4 Å². The maximum absolute atomic E-state index is 14.2. The van der Waals surface area contributed by atoms with Gasteiger partial charge in [0.15, 0.2) is 10.7 Å². The summed E-state index contributed by atoms with van der Waals surface area (Å²) in [6.45, 7) is 0.640. The molecule has 12 heteroatoms. The number of halogens is 2. The SMILES string of the molecule is C[S@@+]([O-])c1c[nH]c2ncnc(N3CCC[C@H]3c3nn4ccc(Cl)c4c(=O)n3-c3cccc(F)c3)c12. The fourth-order valence-corrected chi connectivity index (χ4v) is 5.70. The van der Waals surface area contributed by atoms with Gasteiger partial charge in [0.25, 0.3) is 5.56 Å². The Morgan fingerprint density at radius 3 is 2.94 bits per heavy atom. The number of nitrogens with one attached hydrogen (secondary N) is 1. The van der Waals surface area contributed by atoms with Gasteiger partial charge in [0, 0.05) is 12.7 Å². The Bertz CT molecular complexity index is 1650. The first-order valence-corrected chi connectivity index (χ1v) is 12.9. The van der Waals surface area contributed by atoms with E-state index in [0.29, 0.717) is 46.2 Å². The quantitative estimate of drug-likeness (QED) is 0.369. The second-order valence-corrected chi connectivity index (χ2v) is 10.1. The average Bonchev–Trinajstić information content (AvgIpc) is 3.57. The lowest BCUT2D eigenvalue weighted by atomic mass is 10.2. The summed E-state index contributed by atoms with van der Waals surface area (Å²) in [6, 6.07) is 7.08. The Morgan fingerprint density at radius 2 is 2.14 bits per heavy atom. The van der Waals surface area contributed by atoms with E-state index in [-0.39, 0.29) is 16.6 Å². The van der Waals surface area contributed by atoms with Crippen molar-refractivity contribution in [2.75, 3.05) is 17.7 Å². The summed E-state index contributed by atoms with van der Waals surface area (Å²) in [7, 11) is 0. The number of nitrogens with zero attached hydrogens (tertiary/aromatic N) is 6.